The maximum atomic E-state index is 13.7. The molecule has 8 nitrogen and oxygen atoms in total. The molecule has 34 heavy (non-hydrogen) atoms. The lowest BCUT2D eigenvalue weighted by atomic mass is 9.91. The van der Waals surface area contributed by atoms with Gasteiger partial charge in [-0.05, 0) is 25.1 Å². The van der Waals surface area contributed by atoms with Crippen LogP contribution in [0.15, 0.2) is 35.5 Å². The van der Waals surface area contributed by atoms with Gasteiger partial charge in [0.1, 0.15) is 6.54 Å². The number of alkyl halides is 3. The number of hydrogen-bond donors (Lipinski definition) is 1. The van der Waals surface area contributed by atoms with Crippen LogP contribution in [0.5, 0.6) is 0 Å². The summed E-state index contributed by atoms with van der Waals surface area (Å²) in [7, 11) is 0. The summed E-state index contributed by atoms with van der Waals surface area (Å²) in [5.74, 6) is -0.741. The van der Waals surface area contributed by atoms with E-state index in [0.29, 0.717) is 18.8 Å². The van der Waals surface area contributed by atoms with Crippen molar-refractivity contribution in [2.24, 2.45) is 0 Å². The van der Waals surface area contributed by atoms with Crippen molar-refractivity contribution < 1.29 is 27.6 Å². The quantitative estimate of drug-likeness (QED) is 0.702. The average molecular weight is 480 g/mol. The fourth-order valence-corrected chi connectivity index (χ4v) is 4.83. The van der Waals surface area contributed by atoms with E-state index < -0.39 is 29.7 Å². The van der Waals surface area contributed by atoms with Crippen molar-refractivity contribution >= 4 is 17.8 Å². The Morgan fingerprint density at radius 2 is 1.74 bits per heavy atom. The van der Waals surface area contributed by atoms with E-state index in [1.807, 2.05) is 0 Å². The number of urea groups is 1. The summed E-state index contributed by atoms with van der Waals surface area (Å²) in [4.78, 5) is 45.7. The third-order valence-electron chi connectivity index (χ3n) is 6.69. The molecule has 1 saturated heterocycles. The second-order valence-corrected chi connectivity index (χ2v) is 8.55. The summed E-state index contributed by atoms with van der Waals surface area (Å²) in [5, 5.41) is 2.58. The number of nitrogens with one attached hydrogen (secondary N) is 1. The zero-order valence-electron chi connectivity index (χ0n) is 19.2. The van der Waals surface area contributed by atoms with Crippen LogP contribution in [-0.2, 0) is 15.8 Å². The first-order valence-electron chi connectivity index (χ1n) is 11.4. The highest BCUT2D eigenvalue weighted by Gasteiger charge is 2.46. The van der Waals surface area contributed by atoms with Gasteiger partial charge in [0.05, 0.1) is 29.4 Å². The van der Waals surface area contributed by atoms with E-state index in [9.17, 15) is 27.6 Å². The van der Waals surface area contributed by atoms with E-state index in [-0.39, 0.29) is 36.7 Å². The Kier molecular flexibility index (Phi) is 6.57. The van der Waals surface area contributed by atoms with Gasteiger partial charge in [0.15, 0.2) is 0 Å². The zero-order valence-corrected chi connectivity index (χ0v) is 19.2. The van der Waals surface area contributed by atoms with E-state index in [2.05, 4.69) is 17.1 Å². The van der Waals surface area contributed by atoms with Crippen LogP contribution in [0.2, 0.25) is 0 Å². The Morgan fingerprint density at radius 3 is 2.35 bits per heavy atom. The molecule has 0 saturated carbocycles. The number of rotatable bonds is 5. The van der Waals surface area contributed by atoms with Crippen molar-refractivity contribution in [2.75, 3.05) is 52.4 Å². The van der Waals surface area contributed by atoms with Gasteiger partial charge >= 0.3 is 12.2 Å². The van der Waals surface area contributed by atoms with Crippen LogP contribution in [0.25, 0.3) is 0 Å². The molecule has 1 N–H and O–H groups in total. The number of hydrogen-bond acceptors (Lipinski definition) is 4. The summed E-state index contributed by atoms with van der Waals surface area (Å²) >= 11 is 0. The Labute approximate surface area is 195 Å². The van der Waals surface area contributed by atoms with Gasteiger partial charge in [-0.3, -0.25) is 14.5 Å². The number of benzene rings is 1. The molecule has 3 heterocycles. The van der Waals surface area contributed by atoms with Gasteiger partial charge < -0.3 is 20.0 Å². The number of likely N-dealkylation sites (N-methyl/N-ethyl adjacent to an activating group) is 2. The zero-order chi connectivity index (χ0) is 24.6. The van der Waals surface area contributed by atoms with Gasteiger partial charge in [-0.1, -0.05) is 25.1 Å². The molecule has 3 aliphatic rings. The van der Waals surface area contributed by atoms with Crippen LogP contribution >= 0.6 is 0 Å². The number of halogens is 3. The monoisotopic (exact) mass is 479 g/mol. The smallest absolute Gasteiger partial charge is 0.339 e. The van der Waals surface area contributed by atoms with Crippen molar-refractivity contribution in [1.29, 1.82) is 0 Å². The summed E-state index contributed by atoms with van der Waals surface area (Å²) in [6, 6.07) is 3.10. The first-order valence-corrected chi connectivity index (χ1v) is 11.4. The molecule has 0 radical (unpaired) electrons. The second-order valence-electron chi connectivity index (χ2n) is 8.55. The van der Waals surface area contributed by atoms with Crippen molar-refractivity contribution in [1.82, 2.24) is 24.9 Å². The maximum Gasteiger partial charge on any atom is 0.416 e. The fraction of sp³-hybridized carbons (Fsp3) is 0.522. The maximum absolute atomic E-state index is 13.7. The number of carbonyl (C=O) groups is 3. The number of carbonyl (C=O) groups excluding carboxylic acids is 3. The first kappa shape index (κ1) is 24.1. The van der Waals surface area contributed by atoms with Crippen LogP contribution in [0, 0.1) is 0 Å². The molecule has 0 spiro atoms. The first-order chi connectivity index (χ1) is 16.2. The van der Waals surface area contributed by atoms with Crippen LogP contribution in [0.1, 0.15) is 31.0 Å². The lowest BCUT2D eigenvalue weighted by molar-refractivity contribution is -0.139. The summed E-state index contributed by atoms with van der Waals surface area (Å²) < 4.78 is 41.1. The molecule has 1 fully saturated rings. The Bertz CT molecular complexity index is 1020. The van der Waals surface area contributed by atoms with Crippen molar-refractivity contribution in [2.45, 2.75) is 26.1 Å². The SMILES string of the molecule is CCN1CCN(C(=O)CN2CC3=C(C2=O)[C@H](c2ccccc2C(F)(F)F)NC(=O)N3CC)CC1. The summed E-state index contributed by atoms with van der Waals surface area (Å²) in [5.41, 5.74) is -0.666. The number of piperazine rings is 1. The molecular weight excluding hydrogens is 451 g/mol. The highest BCUT2D eigenvalue weighted by atomic mass is 19.4. The van der Waals surface area contributed by atoms with Crippen molar-refractivity contribution in [3.8, 4) is 0 Å². The van der Waals surface area contributed by atoms with Gasteiger partial charge in [0, 0.05) is 32.7 Å². The van der Waals surface area contributed by atoms with E-state index in [4.69, 9.17) is 0 Å². The van der Waals surface area contributed by atoms with Crippen molar-refractivity contribution in [3.63, 3.8) is 0 Å². The molecule has 0 aromatic heterocycles. The Morgan fingerprint density at radius 1 is 1.06 bits per heavy atom. The average Bonchev–Trinajstić information content (AvgIpc) is 3.13. The van der Waals surface area contributed by atoms with Gasteiger partial charge in [-0.15, -0.1) is 0 Å². The number of nitrogens with zero attached hydrogens (tertiary/aromatic N) is 4. The molecule has 11 heteroatoms. The molecule has 0 bridgehead atoms. The van der Waals surface area contributed by atoms with Crippen LogP contribution in [0.3, 0.4) is 0 Å². The van der Waals surface area contributed by atoms with Crippen LogP contribution in [-0.4, -0.2) is 89.8 Å². The van der Waals surface area contributed by atoms with E-state index in [1.54, 1.807) is 11.8 Å². The lowest BCUT2D eigenvalue weighted by Crippen LogP contribution is -2.51. The van der Waals surface area contributed by atoms with Crippen molar-refractivity contribution in [3.05, 3.63) is 46.7 Å². The van der Waals surface area contributed by atoms with Crippen LogP contribution in [0.4, 0.5) is 18.0 Å². The minimum atomic E-state index is -4.65. The second kappa shape index (κ2) is 9.28. The highest BCUT2D eigenvalue weighted by Crippen LogP contribution is 2.41. The van der Waals surface area contributed by atoms with Gasteiger partial charge in [0.2, 0.25) is 5.91 Å². The highest BCUT2D eigenvalue weighted by molar-refractivity contribution is 6.03. The standard InChI is InChI=1S/C23H28F3N5O3/c1-3-28-9-11-29(12-10-28)18(32)14-30-13-17-19(21(30)33)20(27-22(34)31(17)4-2)15-7-5-6-8-16(15)23(24,25)26/h5-8,20H,3-4,9-14H2,1-2H3,(H,27,34)/t20-/m0/s1. The Balaban J connectivity index is 1.61. The van der Waals surface area contributed by atoms with Gasteiger partial charge in [-0.2, -0.15) is 13.2 Å². The Hall–Kier alpha value is -3.08. The molecule has 0 unspecified atom stereocenters. The third-order valence-corrected chi connectivity index (χ3v) is 6.69. The van der Waals surface area contributed by atoms with E-state index in [1.165, 1.54) is 28.0 Å². The summed E-state index contributed by atoms with van der Waals surface area (Å²) in [6.07, 6.45) is -4.65. The van der Waals surface area contributed by atoms with Gasteiger partial charge in [0.25, 0.3) is 5.91 Å². The molecule has 4 amide bonds. The predicted molar refractivity (Wildman–Crippen MR) is 117 cm³/mol. The third kappa shape index (κ3) is 4.36. The molecule has 184 valence electrons. The minimum Gasteiger partial charge on any atom is -0.339 e. The number of amides is 4. The largest absolute Gasteiger partial charge is 0.416 e. The minimum absolute atomic E-state index is 0.000770. The normalized spacial score (nSPS) is 21.8. The van der Waals surface area contributed by atoms with Gasteiger partial charge in [-0.25, -0.2) is 4.79 Å². The molecule has 1 aromatic carbocycles. The summed E-state index contributed by atoms with van der Waals surface area (Å²) in [6.45, 7) is 7.36. The van der Waals surface area contributed by atoms with E-state index in [0.717, 1.165) is 25.7 Å². The molecule has 0 aliphatic carbocycles. The molecule has 1 aromatic rings. The molecular formula is C23H28F3N5O3. The lowest BCUT2D eigenvalue weighted by Gasteiger charge is -2.34. The molecule has 3 aliphatic heterocycles. The fourth-order valence-electron chi connectivity index (χ4n) is 4.83. The topological polar surface area (TPSA) is 76.2 Å². The molecule has 1 atom stereocenters. The molecule has 4 rings (SSSR count). The predicted octanol–water partition coefficient (Wildman–Crippen LogP) is 2.05. The van der Waals surface area contributed by atoms with E-state index >= 15 is 0 Å². The van der Waals surface area contributed by atoms with Crippen LogP contribution < -0.4 is 5.32 Å².